The Balaban J connectivity index is 0.00000200. The molecule has 2 fully saturated rings. The SMILES string of the molecule is CCC1CCCCN1C(=O)CN1CCCC1CNC.Cl. The first-order chi connectivity index (χ1) is 9.26. The number of piperidine rings is 1. The van der Waals surface area contributed by atoms with Crippen molar-refractivity contribution in [2.75, 3.05) is 33.2 Å². The fraction of sp³-hybridized carbons (Fsp3) is 0.933. The Morgan fingerprint density at radius 1 is 1.15 bits per heavy atom. The van der Waals surface area contributed by atoms with Crippen molar-refractivity contribution in [3.63, 3.8) is 0 Å². The van der Waals surface area contributed by atoms with Crippen molar-refractivity contribution >= 4 is 18.3 Å². The predicted molar refractivity (Wildman–Crippen MR) is 85.4 cm³/mol. The molecule has 2 heterocycles. The van der Waals surface area contributed by atoms with Gasteiger partial charge >= 0.3 is 0 Å². The molecule has 0 aromatic heterocycles. The topological polar surface area (TPSA) is 35.6 Å². The van der Waals surface area contributed by atoms with Gasteiger partial charge < -0.3 is 10.2 Å². The Hall–Kier alpha value is -0.320. The lowest BCUT2D eigenvalue weighted by molar-refractivity contribution is -0.136. The van der Waals surface area contributed by atoms with Crippen LogP contribution in [-0.2, 0) is 4.79 Å². The van der Waals surface area contributed by atoms with Crippen molar-refractivity contribution in [1.82, 2.24) is 15.1 Å². The number of carbonyl (C=O) groups is 1. The first-order valence-electron chi connectivity index (χ1n) is 7.94. The minimum absolute atomic E-state index is 0. The summed E-state index contributed by atoms with van der Waals surface area (Å²) in [7, 11) is 2.00. The summed E-state index contributed by atoms with van der Waals surface area (Å²) in [5.74, 6) is 0.356. The van der Waals surface area contributed by atoms with Crippen LogP contribution in [0.1, 0.15) is 45.4 Å². The molecule has 1 N–H and O–H groups in total. The second-order valence-corrected chi connectivity index (χ2v) is 5.97. The van der Waals surface area contributed by atoms with E-state index in [-0.39, 0.29) is 12.4 Å². The minimum Gasteiger partial charge on any atom is -0.339 e. The van der Waals surface area contributed by atoms with E-state index in [2.05, 4.69) is 22.0 Å². The summed E-state index contributed by atoms with van der Waals surface area (Å²) in [6, 6.07) is 1.05. The molecule has 0 aliphatic carbocycles. The van der Waals surface area contributed by atoms with E-state index in [1.807, 2.05) is 7.05 Å². The van der Waals surface area contributed by atoms with E-state index in [1.54, 1.807) is 0 Å². The number of hydrogen-bond donors (Lipinski definition) is 1. The Morgan fingerprint density at radius 2 is 1.90 bits per heavy atom. The van der Waals surface area contributed by atoms with Gasteiger partial charge in [0, 0.05) is 25.2 Å². The summed E-state index contributed by atoms with van der Waals surface area (Å²) < 4.78 is 0. The van der Waals surface area contributed by atoms with Crippen LogP contribution in [0.2, 0.25) is 0 Å². The van der Waals surface area contributed by atoms with Crippen LogP contribution in [0.3, 0.4) is 0 Å². The minimum atomic E-state index is 0. The molecule has 2 saturated heterocycles. The molecule has 0 aromatic carbocycles. The van der Waals surface area contributed by atoms with Crippen LogP contribution < -0.4 is 5.32 Å². The predicted octanol–water partition coefficient (Wildman–Crippen LogP) is 1.88. The molecule has 2 unspecified atom stereocenters. The first-order valence-corrected chi connectivity index (χ1v) is 7.94. The monoisotopic (exact) mass is 303 g/mol. The first kappa shape index (κ1) is 17.7. The molecule has 0 bridgehead atoms. The molecule has 2 atom stereocenters. The smallest absolute Gasteiger partial charge is 0.237 e. The van der Waals surface area contributed by atoms with Gasteiger partial charge in [-0.15, -0.1) is 12.4 Å². The third-order valence-electron chi connectivity index (χ3n) is 4.70. The van der Waals surface area contributed by atoms with Gasteiger partial charge in [-0.2, -0.15) is 0 Å². The molecule has 118 valence electrons. The fourth-order valence-electron chi connectivity index (χ4n) is 3.59. The number of amides is 1. The molecule has 4 nitrogen and oxygen atoms in total. The second-order valence-electron chi connectivity index (χ2n) is 5.97. The van der Waals surface area contributed by atoms with Gasteiger partial charge in [-0.1, -0.05) is 6.92 Å². The van der Waals surface area contributed by atoms with Crippen molar-refractivity contribution in [1.29, 1.82) is 0 Å². The average Bonchev–Trinajstić information content (AvgIpc) is 2.86. The summed E-state index contributed by atoms with van der Waals surface area (Å²) in [6.45, 7) is 5.90. The molecular weight excluding hydrogens is 274 g/mol. The third-order valence-corrected chi connectivity index (χ3v) is 4.70. The van der Waals surface area contributed by atoms with Crippen molar-refractivity contribution in [3.8, 4) is 0 Å². The van der Waals surface area contributed by atoms with Crippen LogP contribution in [0.4, 0.5) is 0 Å². The van der Waals surface area contributed by atoms with E-state index < -0.39 is 0 Å². The summed E-state index contributed by atoms with van der Waals surface area (Å²) >= 11 is 0. The van der Waals surface area contributed by atoms with E-state index in [0.29, 0.717) is 24.5 Å². The van der Waals surface area contributed by atoms with Gasteiger partial charge in [-0.05, 0) is 52.1 Å². The highest BCUT2D eigenvalue weighted by molar-refractivity contribution is 5.85. The molecule has 0 saturated carbocycles. The largest absolute Gasteiger partial charge is 0.339 e. The number of rotatable bonds is 5. The summed E-state index contributed by atoms with van der Waals surface area (Å²) in [6.07, 6.45) is 7.23. The maximum absolute atomic E-state index is 12.5. The molecule has 2 rings (SSSR count). The number of nitrogens with one attached hydrogen (secondary N) is 1. The van der Waals surface area contributed by atoms with Gasteiger partial charge in [0.05, 0.1) is 6.54 Å². The molecule has 2 aliphatic heterocycles. The van der Waals surface area contributed by atoms with E-state index in [9.17, 15) is 4.79 Å². The van der Waals surface area contributed by atoms with Crippen LogP contribution >= 0.6 is 12.4 Å². The highest BCUT2D eigenvalue weighted by Gasteiger charge is 2.30. The van der Waals surface area contributed by atoms with E-state index >= 15 is 0 Å². The maximum atomic E-state index is 12.5. The van der Waals surface area contributed by atoms with Crippen LogP contribution in [0.25, 0.3) is 0 Å². The number of halogens is 1. The summed E-state index contributed by atoms with van der Waals surface area (Å²) in [5.41, 5.74) is 0. The zero-order valence-corrected chi connectivity index (χ0v) is 13.8. The number of hydrogen-bond acceptors (Lipinski definition) is 3. The molecular formula is C15H30ClN3O. The van der Waals surface area contributed by atoms with Gasteiger partial charge in [0.15, 0.2) is 0 Å². The zero-order chi connectivity index (χ0) is 13.7. The molecule has 2 aliphatic rings. The van der Waals surface area contributed by atoms with Crippen molar-refractivity contribution < 1.29 is 4.79 Å². The molecule has 0 aromatic rings. The van der Waals surface area contributed by atoms with Crippen LogP contribution in [0.5, 0.6) is 0 Å². The van der Waals surface area contributed by atoms with E-state index in [4.69, 9.17) is 0 Å². The van der Waals surface area contributed by atoms with Crippen molar-refractivity contribution in [2.24, 2.45) is 0 Å². The average molecular weight is 304 g/mol. The van der Waals surface area contributed by atoms with Crippen molar-refractivity contribution in [2.45, 2.75) is 57.5 Å². The Labute approximate surface area is 129 Å². The fourth-order valence-corrected chi connectivity index (χ4v) is 3.59. The highest BCUT2D eigenvalue weighted by Crippen LogP contribution is 2.21. The molecule has 5 heteroatoms. The lowest BCUT2D eigenvalue weighted by atomic mass is 10.00. The number of carbonyl (C=O) groups excluding carboxylic acids is 1. The number of likely N-dealkylation sites (N-methyl/N-ethyl adjacent to an activating group) is 1. The van der Waals surface area contributed by atoms with Crippen molar-refractivity contribution in [3.05, 3.63) is 0 Å². The van der Waals surface area contributed by atoms with Crippen LogP contribution in [-0.4, -0.2) is 61.0 Å². The Kier molecular flexibility index (Phi) is 7.85. The Morgan fingerprint density at radius 3 is 2.60 bits per heavy atom. The zero-order valence-electron chi connectivity index (χ0n) is 12.9. The van der Waals surface area contributed by atoms with Gasteiger partial charge in [0.25, 0.3) is 0 Å². The molecule has 0 spiro atoms. The lowest BCUT2D eigenvalue weighted by Gasteiger charge is -2.37. The molecule has 1 amide bonds. The lowest BCUT2D eigenvalue weighted by Crippen LogP contribution is -2.49. The van der Waals surface area contributed by atoms with Crippen LogP contribution in [0, 0.1) is 0 Å². The Bertz CT molecular complexity index is 301. The second kappa shape index (κ2) is 8.85. The highest BCUT2D eigenvalue weighted by atomic mass is 35.5. The molecule has 20 heavy (non-hydrogen) atoms. The molecule has 0 radical (unpaired) electrons. The van der Waals surface area contributed by atoms with Gasteiger partial charge in [0.1, 0.15) is 0 Å². The number of nitrogens with zero attached hydrogens (tertiary/aromatic N) is 2. The van der Waals surface area contributed by atoms with Gasteiger partial charge in [0.2, 0.25) is 5.91 Å². The summed E-state index contributed by atoms with van der Waals surface area (Å²) in [5, 5.41) is 3.25. The maximum Gasteiger partial charge on any atom is 0.237 e. The van der Waals surface area contributed by atoms with Crippen LogP contribution in [0.15, 0.2) is 0 Å². The third kappa shape index (κ3) is 4.34. The normalized spacial score (nSPS) is 27.4. The quantitative estimate of drug-likeness (QED) is 0.842. The summed E-state index contributed by atoms with van der Waals surface area (Å²) in [4.78, 5) is 17.1. The van der Waals surface area contributed by atoms with E-state index in [1.165, 1.54) is 32.1 Å². The number of likely N-dealkylation sites (tertiary alicyclic amines) is 2. The van der Waals surface area contributed by atoms with Gasteiger partial charge in [-0.25, -0.2) is 0 Å². The van der Waals surface area contributed by atoms with Gasteiger partial charge in [-0.3, -0.25) is 9.69 Å². The standard InChI is InChI=1S/C15H29N3O.ClH/c1-3-13-7-4-5-10-18(13)15(19)12-17-9-6-8-14(17)11-16-2;/h13-14,16H,3-12H2,1-2H3;1H. The van der Waals surface area contributed by atoms with E-state index in [0.717, 1.165) is 26.1 Å².